The summed E-state index contributed by atoms with van der Waals surface area (Å²) in [6.45, 7) is 4.98. The Morgan fingerprint density at radius 2 is 1.94 bits per heavy atom. The van der Waals surface area contributed by atoms with Crippen LogP contribution in [0.5, 0.6) is 0 Å². The second kappa shape index (κ2) is 8.14. The number of nitrogens with zero attached hydrogens (tertiary/aromatic N) is 3. The van der Waals surface area contributed by atoms with Crippen LogP contribution in [0.2, 0.25) is 5.02 Å². The Labute approximate surface area is 203 Å². The second-order valence-electron chi connectivity index (χ2n) is 10.1. The minimum atomic E-state index is -0.919. The predicted octanol–water partition coefficient (Wildman–Crippen LogP) is 5.80. The van der Waals surface area contributed by atoms with Gasteiger partial charge in [0.25, 0.3) is 0 Å². The highest BCUT2D eigenvalue weighted by Crippen LogP contribution is 2.42. The lowest BCUT2D eigenvalue weighted by molar-refractivity contribution is -0.0626. The van der Waals surface area contributed by atoms with Crippen molar-refractivity contribution in [1.29, 1.82) is 0 Å². The van der Waals surface area contributed by atoms with Crippen LogP contribution in [0.15, 0.2) is 47.8 Å². The molecule has 2 fully saturated rings. The number of aryl methyl sites for hydroxylation is 1. The van der Waals surface area contributed by atoms with Gasteiger partial charge in [-0.25, -0.2) is 4.79 Å². The molecule has 34 heavy (non-hydrogen) atoms. The summed E-state index contributed by atoms with van der Waals surface area (Å²) in [6, 6.07) is 11.7. The molecular weight excluding hydrogens is 450 g/mol. The van der Waals surface area contributed by atoms with Gasteiger partial charge in [-0.2, -0.15) is 0 Å². The number of piperidine rings is 1. The van der Waals surface area contributed by atoms with E-state index in [2.05, 4.69) is 39.9 Å². The number of halogens is 1. The quantitative estimate of drug-likeness (QED) is 0.504. The number of likely N-dealkylation sites (tertiary alicyclic amines) is 1. The number of hydrogen-bond acceptors (Lipinski definition) is 4. The van der Waals surface area contributed by atoms with Crippen molar-refractivity contribution < 1.29 is 14.7 Å². The Morgan fingerprint density at radius 1 is 1.21 bits per heavy atom. The Kier molecular flexibility index (Phi) is 5.19. The van der Waals surface area contributed by atoms with Crippen molar-refractivity contribution >= 4 is 34.2 Å². The number of aromatic carboxylic acids is 1. The number of oxime groups is 1. The summed E-state index contributed by atoms with van der Waals surface area (Å²) < 4.78 is 2.47. The van der Waals surface area contributed by atoms with Gasteiger partial charge in [-0.15, -0.1) is 0 Å². The topological polar surface area (TPSA) is 67.1 Å². The molecule has 0 unspecified atom stereocenters. The number of carbonyl (C=O) groups is 1. The Balaban J connectivity index is 1.14. The van der Waals surface area contributed by atoms with Crippen LogP contribution in [0, 0.1) is 6.92 Å². The summed E-state index contributed by atoms with van der Waals surface area (Å²) in [7, 11) is 0. The molecule has 3 aliphatic rings. The van der Waals surface area contributed by atoms with Crippen LogP contribution in [-0.2, 0) is 11.4 Å². The molecule has 176 valence electrons. The van der Waals surface area contributed by atoms with Crippen molar-refractivity contribution in [3.8, 4) is 0 Å². The van der Waals surface area contributed by atoms with Gasteiger partial charge >= 0.3 is 5.97 Å². The fourth-order valence-electron chi connectivity index (χ4n) is 5.50. The van der Waals surface area contributed by atoms with E-state index >= 15 is 0 Å². The van der Waals surface area contributed by atoms with Crippen LogP contribution >= 0.6 is 11.6 Å². The summed E-state index contributed by atoms with van der Waals surface area (Å²) in [5, 5.41) is 15.6. The maximum atomic E-state index is 11.1. The van der Waals surface area contributed by atoms with Crippen molar-refractivity contribution in [3.05, 3.63) is 69.9 Å². The van der Waals surface area contributed by atoms with Crippen molar-refractivity contribution in [2.45, 2.75) is 57.2 Å². The monoisotopic (exact) mass is 477 g/mol. The summed E-state index contributed by atoms with van der Waals surface area (Å²) >= 11 is 6.43. The number of carboxylic acid groups (broad SMARTS) is 1. The van der Waals surface area contributed by atoms with Crippen LogP contribution in [0.25, 0.3) is 10.9 Å². The maximum absolute atomic E-state index is 11.1. The first kappa shape index (κ1) is 21.7. The van der Waals surface area contributed by atoms with Crippen molar-refractivity contribution in [2.75, 3.05) is 13.1 Å². The van der Waals surface area contributed by atoms with E-state index in [1.54, 1.807) is 12.1 Å². The fraction of sp³-hybridized carbons (Fsp3) is 0.407. The highest BCUT2D eigenvalue weighted by atomic mass is 35.5. The van der Waals surface area contributed by atoms with Gasteiger partial charge in [-0.1, -0.05) is 28.9 Å². The Hall–Kier alpha value is -2.83. The number of benzene rings is 2. The molecule has 3 aromatic rings. The van der Waals surface area contributed by atoms with Gasteiger partial charge in [0.2, 0.25) is 0 Å². The minimum absolute atomic E-state index is 0.251. The molecule has 2 aliphatic heterocycles. The first-order valence-electron chi connectivity index (χ1n) is 12.0. The van der Waals surface area contributed by atoms with E-state index in [1.807, 2.05) is 12.1 Å². The molecule has 7 heteroatoms. The lowest BCUT2D eigenvalue weighted by Gasteiger charge is -2.37. The predicted molar refractivity (Wildman–Crippen MR) is 133 cm³/mol. The molecule has 0 bridgehead atoms. The highest BCUT2D eigenvalue weighted by molar-refractivity contribution is 6.31. The zero-order valence-electron chi connectivity index (χ0n) is 19.3. The Morgan fingerprint density at radius 3 is 2.62 bits per heavy atom. The summed E-state index contributed by atoms with van der Waals surface area (Å²) in [5.41, 5.74) is 5.81. The average Bonchev–Trinajstić information content (AvgIpc) is 3.49. The SMILES string of the molecule is Cc1cc(Cl)cc2c(CN3CCC4(CC3)CC(c3ccc(C(=O)O)cc3)=NO4)cn(C3CC3)c12. The number of carboxylic acids is 1. The van der Waals surface area contributed by atoms with Gasteiger partial charge in [0.15, 0.2) is 0 Å². The molecule has 6 rings (SSSR count). The third-order valence-electron chi connectivity index (χ3n) is 7.57. The summed E-state index contributed by atoms with van der Waals surface area (Å²) in [6.07, 6.45) is 7.49. The van der Waals surface area contributed by atoms with Crippen molar-refractivity contribution in [3.63, 3.8) is 0 Å². The smallest absolute Gasteiger partial charge is 0.335 e. The zero-order valence-corrected chi connectivity index (χ0v) is 20.0. The number of hydrogen-bond donors (Lipinski definition) is 1. The average molecular weight is 478 g/mol. The van der Waals surface area contributed by atoms with Crippen molar-refractivity contribution in [2.24, 2.45) is 5.16 Å². The first-order chi connectivity index (χ1) is 16.4. The molecule has 1 aliphatic carbocycles. The standard InChI is InChI=1S/C27H28ClN3O3/c1-17-12-21(28)13-23-20(16-31(25(17)23)22-6-7-22)15-30-10-8-27(9-11-30)14-24(29-34-27)18-2-4-19(5-3-18)26(32)33/h2-5,12-13,16,22H,6-11,14-15H2,1H3,(H,32,33). The van der Waals surface area contributed by atoms with Gasteiger partial charge in [-0.05, 0) is 60.7 Å². The van der Waals surface area contributed by atoms with Crippen LogP contribution in [0.1, 0.15) is 65.2 Å². The van der Waals surface area contributed by atoms with E-state index in [-0.39, 0.29) is 11.2 Å². The van der Waals surface area contributed by atoms with Gasteiger partial charge in [0.1, 0.15) is 5.60 Å². The van der Waals surface area contributed by atoms with Gasteiger partial charge < -0.3 is 14.5 Å². The molecule has 3 heterocycles. The molecular formula is C27H28ClN3O3. The van der Waals surface area contributed by atoms with Crippen molar-refractivity contribution in [1.82, 2.24) is 9.47 Å². The van der Waals surface area contributed by atoms with Crippen LogP contribution < -0.4 is 0 Å². The summed E-state index contributed by atoms with van der Waals surface area (Å²) in [4.78, 5) is 19.6. The lowest BCUT2D eigenvalue weighted by Crippen LogP contribution is -2.44. The van der Waals surface area contributed by atoms with Crippen LogP contribution in [0.4, 0.5) is 0 Å². The van der Waals surface area contributed by atoms with E-state index in [9.17, 15) is 4.79 Å². The minimum Gasteiger partial charge on any atom is -0.478 e. The maximum Gasteiger partial charge on any atom is 0.335 e. The zero-order chi connectivity index (χ0) is 23.4. The molecule has 6 nitrogen and oxygen atoms in total. The lowest BCUT2D eigenvalue weighted by atomic mass is 9.85. The molecule has 0 amide bonds. The molecule has 1 saturated heterocycles. The number of aromatic nitrogens is 1. The van der Waals surface area contributed by atoms with Gasteiger partial charge in [-0.3, -0.25) is 4.90 Å². The third-order valence-corrected chi connectivity index (χ3v) is 7.79. The third kappa shape index (κ3) is 3.89. The Bertz CT molecular complexity index is 1300. The van der Waals surface area contributed by atoms with E-state index in [0.29, 0.717) is 6.04 Å². The molecule has 1 saturated carbocycles. The second-order valence-corrected chi connectivity index (χ2v) is 10.5. The van der Waals surface area contributed by atoms with Gasteiger partial charge in [0, 0.05) is 61.5 Å². The molecule has 1 N–H and O–H groups in total. The van der Waals surface area contributed by atoms with E-state index in [4.69, 9.17) is 21.5 Å². The van der Waals surface area contributed by atoms with Crippen LogP contribution in [0.3, 0.4) is 0 Å². The molecule has 2 aromatic carbocycles. The number of fused-ring (bicyclic) bond motifs is 1. The number of rotatable bonds is 5. The first-order valence-corrected chi connectivity index (χ1v) is 12.4. The summed E-state index contributed by atoms with van der Waals surface area (Å²) in [5.74, 6) is -0.919. The van der Waals surface area contributed by atoms with Crippen LogP contribution in [-0.4, -0.2) is 44.9 Å². The molecule has 0 radical (unpaired) electrons. The van der Waals surface area contributed by atoms with E-state index < -0.39 is 5.97 Å². The molecule has 0 atom stereocenters. The molecule has 1 spiro atoms. The highest BCUT2D eigenvalue weighted by Gasteiger charge is 2.42. The molecule has 1 aromatic heterocycles. The van der Waals surface area contributed by atoms with Gasteiger partial charge in [0.05, 0.1) is 16.8 Å². The normalized spacial score (nSPS) is 20.0. The van der Waals surface area contributed by atoms with E-state index in [1.165, 1.54) is 34.9 Å². The van der Waals surface area contributed by atoms with E-state index in [0.717, 1.165) is 55.2 Å². The fourth-order valence-corrected chi connectivity index (χ4v) is 5.77. The largest absolute Gasteiger partial charge is 0.478 e.